The molecule has 3 N–H and O–H groups in total. The quantitative estimate of drug-likeness (QED) is 0.855. The Bertz CT molecular complexity index is 807. The Morgan fingerprint density at radius 2 is 1.76 bits per heavy atom. The van der Waals surface area contributed by atoms with Crippen LogP contribution in [-0.2, 0) is 10.0 Å². The highest BCUT2D eigenvalue weighted by Gasteiger charge is 2.22. The molecule has 0 spiro atoms. The molecule has 2 aromatic rings. The maximum Gasteiger partial charge on any atom is 0.264 e. The van der Waals surface area contributed by atoms with E-state index in [4.69, 9.17) is 5.73 Å². The number of nitrogens with two attached hydrogens (primary N) is 1. The highest BCUT2D eigenvalue weighted by molar-refractivity contribution is 7.92. The molecule has 0 fully saturated rings. The zero-order chi connectivity index (χ0) is 15.8. The molecule has 0 amide bonds. The summed E-state index contributed by atoms with van der Waals surface area (Å²) in [6, 6.07) is 4.71. The topological polar surface area (TPSA) is 72.2 Å². The first-order chi connectivity index (χ1) is 9.72. The lowest BCUT2D eigenvalue weighted by Crippen LogP contribution is -2.17. The molecular weight excluding hydrogens is 305 g/mol. The molecule has 0 radical (unpaired) electrons. The van der Waals surface area contributed by atoms with Crippen molar-refractivity contribution in [2.24, 2.45) is 0 Å². The van der Waals surface area contributed by atoms with Crippen molar-refractivity contribution in [3.05, 3.63) is 53.3 Å². The molecular formula is C13H11F3N2O2S. The van der Waals surface area contributed by atoms with Gasteiger partial charge in [-0.15, -0.1) is 0 Å². The zero-order valence-corrected chi connectivity index (χ0v) is 11.6. The number of rotatable bonds is 3. The van der Waals surface area contributed by atoms with Crippen molar-refractivity contribution in [3.8, 4) is 0 Å². The molecule has 0 saturated heterocycles. The maximum absolute atomic E-state index is 13.8. The normalized spacial score (nSPS) is 11.4. The van der Waals surface area contributed by atoms with Crippen LogP contribution in [-0.4, -0.2) is 8.42 Å². The van der Waals surface area contributed by atoms with E-state index in [-0.39, 0.29) is 11.3 Å². The summed E-state index contributed by atoms with van der Waals surface area (Å²) < 4.78 is 66.3. The smallest absolute Gasteiger partial charge is 0.264 e. The molecule has 21 heavy (non-hydrogen) atoms. The Labute approximate surface area is 119 Å². The van der Waals surface area contributed by atoms with Crippen LogP contribution in [0.4, 0.5) is 24.5 Å². The van der Waals surface area contributed by atoms with Crippen LogP contribution >= 0.6 is 0 Å². The highest BCUT2D eigenvalue weighted by Crippen LogP contribution is 2.27. The molecule has 0 aromatic heterocycles. The lowest BCUT2D eigenvalue weighted by atomic mass is 10.2. The number of sulfonamides is 1. The minimum Gasteiger partial charge on any atom is -0.398 e. The first-order valence-electron chi connectivity index (χ1n) is 5.75. The number of nitrogen functional groups attached to an aromatic ring is 1. The lowest BCUT2D eigenvalue weighted by molar-refractivity contribution is 0.578. The Hall–Kier alpha value is -2.22. The van der Waals surface area contributed by atoms with Gasteiger partial charge in [-0.2, -0.15) is 0 Å². The molecule has 0 aliphatic rings. The van der Waals surface area contributed by atoms with Gasteiger partial charge >= 0.3 is 0 Å². The average molecular weight is 316 g/mol. The molecule has 2 rings (SSSR count). The molecule has 0 unspecified atom stereocenters. The van der Waals surface area contributed by atoms with Crippen LogP contribution in [0.25, 0.3) is 0 Å². The van der Waals surface area contributed by atoms with Crippen molar-refractivity contribution in [1.29, 1.82) is 0 Å². The van der Waals surface area contributed by atoms with Gasteiger partial charge in [0.25, 0.3) is 10.0 Å². The van der Waals surface area contributed by atoms with E-state index in [1.165, 1.54) is 13.0 Å². The molecule has 0 heterocycles. The van der Waals surface area contributed by atoms with E-state index in [0.717, 1.165) is 24.3 Å². The second-order valence-corrected chi connectivity index (χ2v) is 5.99. The van der Waals surface area contributed by atoms with Crippen LogP contribution < -0.4 is 10.5 Å². The van der Waals surface area contributed by atoms with E-state index < -0.39 is 38.1 Å². The van der Waals surface area contributed by atoms with Gasteiger partial charge in [0.1, 0.15) is 22.2 Å². The molecule has 0 atom stereocenters. The maximum atomic E-state index is 13.8. The summed E-state index contributed by atoms with van der Waals surface area (Å²) in [4.78, 5) is -0.468. The van der Waals surface area contributed by atoms with Gasteiger partial charge in [-0.05, 0) is 36.8 Å². The Morgan fingerprint density at radius 3 is 2.38 bits per heavy atom. The van der Waals surface area contributed by atoms with E-state index in [9.17, 15) is 21.6 Å². The van der Waals surface area contributed by atoms with Crippen molar-refractivity contribution in [2.45, 2.75) is 11.8 Å². The van der Waals surface area contributed by atoms with Gasteiger partial charge in [-0.3, -0.25) is 4.72 Å². The third-order valence-electron chi connectivity index (χ3n) is 2.78. The number of aryl methyl sites for hydroxylation is 1. The van der Waals surface area contributed by atoms with Crippen LogP contribution in [0.1, 0.15) is 5.56 Å². The summed E-state index contributed by atoms with van der Waals surface area (Å²) >= 11 is 0. The van der Waals surface area contributed by atoms with E-state index >= 15 is 0 Å². The fraction of sp³-hybridized carbons (Fsp3) is 0.0769. The van der Waals surface area contributed by atoms with Crippen LogP contribution in [0.3, 0.4) is 0 Å². The molecule has 0 aliphatic heterocycles. The monoisotopic (exact) mass is 316 g/mol. The summed E-state index contributed by atoms with van der Waals surface area (Å²) in [5.41, 5.74) is 4.32. The highest BCUT2D eigenvalue weighted by atomic mass is 32.2. The second-order valence-electron chi connectivity index (χ2n) is 4.34. The Morgan fingerprint density at radius 1 is 1.10 bits per heavy atom. The van der Waals surface area contributed by atoms with Gasteiger partial charge in [-0.1, -0.05) is 6.07 Å². The average Bonchev–Trinajstić information content (AvgIpc) is 2.39. The first kappa shape index (κ1) is 15.2. The summed E-state index contributed by atoms with van der Waals surface area (Å²) in [6.45, 7) is 1.36. The minimum absolute atomic E-state index is 0.0705. The standard InChI is InChI=1S/C13H11F3N2O2S/c1-7-2-4-9(15)13(12(7)16)18-21(19,20)11-5-3-8(14)6-10(11)17/h2-6,18H,17H2,1H3. The van der Waals surface area contributed by atoms with E-state index in [2.05, 4.69) is 0 Å². The van der Waals surface area contributed by atoms with Crippen LogP contribution in [0.15, 0.2) is 35.2 Å². The lowest BCUT2D eigenvalue weighted by Gasteiger charge is -2.12. The first-order valence-corrected chi connectivity index (χ1v) is 7.23. The summed E-state index contributed by atoms with van der Waals surface area (Å²) in [5, 5.41) is 0. The number of hydrogen-bond acceptors (Lipinski definition) is 3. The van der Waals surface area contributed by atoms with Gasteiger partial charge in [0.15, 0.2) is 5.82 Å². The van der Waals surface area contributed by atoms with Crippen molar-refractivity contribution < 1.29 is 21.6 Å². The Balaban J connectivity index is 2.50. The second kappa shape index (κ2) is 5.28. The van der Waals surface area contributed by atoms with Crippen LogP contribution in [0, 0.1) is 24.4 Å². The predicted molar refractivity (Wildman–Crippen MR) is 72.7 cm³/mol. The van der Waals surface area contributed by atoms with Crippen molar-refractivity contribution in [1.82, 2.24) is 0 Å². The third-order valence-corrected chi connectivity index (χ3v) is 4.21. The van der Waals surface area contributed by atoms with Crippen molar-refractivity contribution in [2.75, 3.05) is 10.5 Å². The Kier molecular flexibility index (Phi) is 3.82. The summed E-state index contributed by atoms with van der Waals surface area (Å²) in [6.07, 6.45) is 0. The van der Waals surface area contributed by atoms with Gasteiger partial charge < -0.3 is 5.73 Å². The van der Waals surface area contributed by atoms with Crippen molar-refractivity contribution >= 4 is 21.4 Å². The predicted octanol–water partition coefficient (Wildman–Crippen LogP) is 2.80. The molecule has 0 saturated carbocycles. The molecule has 0 aliphatic carbocycles. The number of halogens is 3. The van der Waals surface area contributed by atoms with Gasteiger partial charge in [0.05, 0.1) is 5.69 Å². The summed E-state index contributed by atoms with van der Waals surface area (Å²) in [5.74, 6) is -2.82. The molecule has 4 nitrogen and oxygen atoms in total. The number of nitrogens with one attached hydrogen (secondary N) is 1. The molecule has 8 heteroatoms. The number of benzene rings is 2. The van der Waals surface area contributed by atoms with Crippen LogP contribution in [0.2, 0.25) is 0 Å². The van der Waals surface area contributed by atoms with E-state index in [1.54, 1.807) is 4.72 Å². The van der Waals surface area contributed by atoms with Gasteiger partial charge in [0.2, 0.25) is 0 Å². The number of hydrogen-bond donors (Lipinski definition) is 2. The molecule has 0 bridgehead atoms. The molecule has 112 valence electrons. The van der Waals surface area contributed by atoms with E-state index in [1.807, 2.05) is 0 Å². The van der Waals surface area contributed by atoms with Crippen LogP contribution in [0.5, 0.6) is 0 Å². The number of anilines is 2. The zero-order valence-electron chi connectivity index (χ0n) is 10.8. The SMILES string of the molecule is Cc1ccc(F)c(NS(=O)(=O)c2ccc(F)cc2N)c1F. The van der Waals surface area contributed by atoms with Gasteiger partial charge in [0, 0.05) is 0 Å². The fourth-order valence-corrected chi connectivity index (χ4v) is 2.89. The summed E-state index contributed by atoms with van der Waals surface area (Å²) in [7, 11) is -4.34. The van der Waals surface area contributed by atoms with Gasteiger partial charge in [-0.25, -0.2) is 21.6 Å². The third kappa shape index (κ3) is 2.94. The fourth-order valence-electron chi connectivity index (χ4n) is 1.70. The van der Waals surface area contributed by atoms with Crippen molar-refractivity contribution in [3.63, 3.8) is 0 Å². The largest absolute Gasteiger partial charge is 0.398 e. The van der Waals surface area contributed by atoms with E-state index in [0.29, 0.717) is 0 Å². The molecule has 2 aromatic carbocycles. The minimum atomic E-state index is -4.34.